The van der Waals surface area contributed by atoms with E-state index in [1.807, 2.05) is 13.8 Å². The van der Waals surface area contributed by atoms with Gasteiger partial charge in [-0.05, 0) is 40.0 Å². The van der Waals surface area contributed by atoms with Gasteiger partial charge in [-0.25, -0.2) is 0 Å². The lowest BCUT2D eigenvalue weighted by atomic mass is 9.79. The predicted molar refractivity (Wildman–Crippen MR) is 286 cm³/mol. The van der Waals surface area contributed by atoms with Crippen LogP contribution in [0.3, 0.4) is 0 Å². The summed E-state index contributed by atoms with van der Waals surface area (Å²) in [6.45, 7) is 4.04. The molecule has 0 bridgehead atoms. The van der Waals surface area contributed by atoms with Crippen LogP contribution < -0.4 is 0 Å². The van der Waals surface area contributed by atoms with E-state index in [2.05, 4.69) is 0 Å². The van der Waals surface area contributed by atoms with Gasteiger partial charge in [0.25, 0.3) is 0 Å². The van der Waals surface area contributed by atoms with Crippen molar-refractivity contribution in [1.82, 2.24) is 0 Å². The molecule has 0 aromatic heterocycles. The summed E-state index contributed by atoms with van der Waals surface area (Å²) in [7, 11) is 0. The van der Waals surface area contributed by atoms with Crippen LogP contribution in [0.2, 0.25) is 0 Å². The fourth-order valence-corrected chi connectivity index (χ4v) is 11.3. The molecule has 0 amide bonds. The smallest absolute Gasteiger partial charge is 0.187 e. The van der Waals surface area contributed by atoms with E-state index in [1.54, 1.807) is 27.7 Å². The first-order valence-electron chi connectivity index (χ1n) is 29.5. The monoisotopic (exact) mass is 1240 g/mol. The average molecular weight is 1250 g/mol. The standard InChI is InChI=1S/C54H100O31/c1-27(2)36-32(23-69-14-7-55)80-54(48(37(36)63)73-18-11-59)84-43-30(22-62)21-31(44(40(43)66)72-17-10-58)79-46-35(26-76-45-33(24-70-15-8-56)82-52(77-28(3)4)49(41(45)67)74-19-12-60)81-51(39(65)38(46)64)85-47-34(25-71-16-9-57)83-53(78-29(5)6)50(42(47)68)75-20-13-61/h27-68H,7-26H2,1-6H3/t30?,31-,32?,33?,34?,35?,36-,37+,38-,39?,40+,41+,42+,43+,44?,45-,46+,47+,48?,49?,50?,51+,52-,53-,54+/m1/s1. The van der Waals surface area contributed by atoms with Gasteiger partial charge in [0.1, 0.15) is 91.6 Å². The minimum Gasteiger partial charge on any atom is -0.396 e. The Morgan fingerprint density at radius 3 is 1.21 bits per heavy atom. The van der Waals surface area contributed by atoms with E-state index in [-0.39, 0.29) is 91.6 Å². The summed E-state index contributed by atoms with van der Waals surface area (Å²) in [4.78, 5) is 0. The number of hydrogen-bond acceptors (Lipinski definition) is 31. The summed E-state index contributed by atoms with van der Waals surface area (Å²) in [6, 6.07) is 0. The molecule has 25 atom stereocenters. The van der Waals surface area contributed by atoms with Crippen LogP contribution in [-0.4, -0.2) is 350 Å². The molecule has 31 nitrogen and oxygen atoms in total. The van der Waals surface area contributed by atoms with Crippen LogP contribution in [-0.2, 0) is 80.5 Å². The van der Waals surface area contributed by atoms with E-state index in [1.165, 1.54) is 0 Å². The number of ether oxygens (including phenoxy) is 17. The van der Waals surface area contributed by atoms with Gasteiger partial charge in [-0.15, -0.1) is 0 Å². The van der Waals surface area contributed by atoms with E-state index in [9.17, 15) is 71.5 Å². The van der Waals surface area contributed by atoms with Crippen LogP contribution in [0.25, 0.3) is 0 Å². The molecule has 4 saturated heterocycles. The van der Waals surface area contributed by atoms with E-state index in [4.69, 9.17) is 80.5 Å². The van der Waals surface area contributed by atoms with Gasteiger partial charge in [-0.3, -0.25) is 0 Å². The van der Waals surface area contributed by atoms with Crippen molar-refractivity contribution in [3.63, 3.8) is 0 Å². The van der Waals surface area contributed by atoms with E-state index < -0.39 is 211 Å². The second-order valence-corrected chi connectivity index (χ2v) is 22.3. The zero-order valence-electron chi connectivity index (χ0n) is 49.5. The van der Waals surface area contributed by atoms with E-state index >= 15 is 0 Å². The third-order valence-electron chi connectivity index (χ3n) is 15.0. The first kappa shape index (κ1) is 74.5. The maximum atomic E-state index is 12.4. The van der Waals surface area contributed by atoms with Crippen LogP contribution >= 0.6 is 0 Å². The van der Waals surface area contributed by atoms with Crippen molar-refractivity contribution in [2.75, 3.05) is 126 Å². The Hall–Kier alpha value is -1.24. The highest BCUT2D eigenvalue weighted by Gasteiger charge is 2.57. The third kappa shape index (κ3) is 20.9. The zero-order chi connectivity index (χ0) is 62.3. The van der Waals surface area contributed by atoms with Gasteiger partial charge in [-0.2, -0.15) is 0 Å². The quantitative estimate of drug-likeness (QED) is 0.0255. The van der Waals surface area contributed by atoms with Crippen molar-refractivity contribution in [2.45, 2.75) is 201 Å². The molecule has 5 fully saturated rings. The molecule has 4 heterocycles. The van der Waals surface area contributed by atoms with Gasteiger partial charge in [0.15, 0.2) is 25.2 Å². The second-order valence-electron chi connectivity index (χ2n) is 22.3. The summed E-state index contributed by atoms with van der Waals surface area (Å²) in [5.41, 5.74) is 0. The lowest BCUT2D eigenvalue weighted by molar-refractivity contribution is -0.375. The van der Waals surface area contributed by atoms with E-state index in [0.29, 0.717) is 0 Å². The SMILES string of the molecule is CC(C)O[C@@H]1OC(COCCO)[C@@H](OCC2O[C@@H](O[C@H]3C(COCCO)O[C@@H](OC(C)C)C(OCCO)[C@H]3O)C(O)[C@@H](O)[C@H]2O[C@@H]2CC(CO)[C@H](O[C@@H]3OC(COCCO)[C@@H](C(C)C)[C@H](O)C3OCCO)[C@H](O)C2OCCO)[C@H](O)C1OCCO. The number of rotatable bonds is 39. The Balaban J connectivity index is 1.54. The maximum absolute atomic E-state index is 12.4. The topological polar surface area (TPSA) is 440 Å². The zero-order valence-corrected chi connectivity index (χ0v) is 49.5. The molecule has 0 spiro atoms. The summed E-state index contributed by atoms with van der Waals surface area (Å²) < 4.78 is 104. The fourth-order valence-electron chi connectivity index (χ4n) is 11.3. The summed E-state index contributed by atoms with van der Waals surface area (Å²) in [5, 5.41) is 152. The lowest BCUT2D eigenvalue weighted by Crippen LogP contribution is -2.67. The Bertz CT molecular complexity index is 1740. The summed E-state index contributed by atoms with van der Waals surface area (Å²) in [6.07, 6.45) is -35.0. The van der Waals surface area contributed by atoms with Crippen molar-refractivity contribution in [3.8, 4) is 0 Å². The van der Waals surface area contributed by atoms with Crippen LogP contribution in [0.1, 0.15) is 48.0 Å². The van der Waals surface area contributed by atoms with Gasteiger partial charge in [0.2, 0.25) is 0 Å². The van der Waals surface area contributed by atoms with E-state index in [0.717, 1.165) is 0 Å². The van der Waals surface area contributed by atoms with Crippen molar-refractivity contribution < 1.29 is 152 Å². The van der Waals surface area contributed by atoms with Crippen LogP contribution in [0.4, 0.5) is 0 Å². The largest absolute Gasteiger partial charge is 0.396 e. The first-order chi connectivity index (χ1) is 40.8. The van der Waals surface area contributed by atoms with Crippen molar-refractivity contribution in [2.24, 2.45) is 17.8 Å². The molecule has 502 valence electrons. The molecule has 85 heavy (non-hydrogen) atoms. The molecule has 10 unspecified atom stereocenters. The first-order valence-corrected chi connectivity index (χ1v) is 29.5. The Morgan fingerprint density at radius 1 is 0.353 bits per heavy atom. The number of hydrogen-bond donors (Lipinski definition) is 14. The maximum Gasteiger partial charge on any atom is 0.187 e. The van der Waals surface area contributed by atoms with Gasteiger partial charge < -0.3 is 152 Å². The van der Waals surface area contributed by atoms with Crippen LogP contribution in [0.15, 0.2) is 0 Å². The van der Waals surface area contributed by atoms with Gasteiger partial charge in [0.05, 0.1) is 156 Å². The van der Waals surface area contributed by atoms with Crippen molar-refractivity contribution in [1.29, 1.82) is 0 Å². The molecular weight excluding hydrogens is 1140 g/mol. The van der Waals surface area contributed by atoms with Gasteiger partial charge in [-0.1, -0.05) is 13.8 Å². The molecule has 0 radical (unpaired) electrons. The molecule has 4 aliphatic heterocycles. The summed E-state index contributed by atoms with van der Waals surface area (Å²) in [5.74, 6) is -1.87. The molecule has 5 rings (SSSR count). The van der Waals surface area contributed by atoms with Crippen molar-refractivity contribution in [3.05, 3.63) is 0 Å². The molecule has 1 saturated carbocycles. The normalized spacial score (nSPS) is 39.4. The number of aliphatic hydroxyl groups excluding tert-OH is 14. The molecule has 1 aliphatic carbocycles. The fraction of sp³-hybridized carbons (Fsp3) is 1.00. The predicted octanol–water partition coefficient (Wildman–Crippen LogP) is -6.37. The molecule has 0 aromatic carbocycles. The Kier molecular flexibility index (Phi) is 33.8. The molecule has 31 heteroatoms. The highest BCUT2D eigenvalue weighted by atomic mass is 16.8. The molecular formula is C54H100O31. The minimum atomic E-state index is -2.06. The second kappa shape index (κ2) is 38.6. The number of aliphatic hydroxyl groups is 14. The highest BCUT2D eigenvalue weighted by molar-refractivity contribution is 5.02. The molecule has 5 aliphatic rings. The average Bonchev–Trinajstić information content (AvgIpc) is 1.77. The van der Waals surface area contributed by atoms with Gasteiger partial charge >= 0.3 is 0 Å². The van der Waals surface area contributed by atoms with Gasteiger partial charge in [0, 0.05) is 18.4 Å². The minimum absolute atomic E-state index is 0.0429. The van der Waals surface area contributed by atoms with Crippen molar-refractivity contribution >= 4 is 0 Å². The lowest BCUT2D eigenvalue weighted by Gasteiger charge is -2.51. The third-order valence-corrected chi connectivity index (χ3v) is 15.0. The summed E-state index contributed by atoms with van der Waals surface area (Å²) >= 11 is 0. The Labute approximate surface area is 495 Å². The molecule has 0 aromatic rings. The molecule has 14 N–H and O–H groups in total. The Morgan fingerprint density at radius 2 is 0.741 bits per heavy atom. The highest BCUT2D eigenvalue weighted by Crippen LogP contribution is 2.41. The van der Waals surface area contributed by atoms with Crippen LogP contribution in [0, 0.1) is 17.8 Å². The van der Waals surface area contributed by atoms with Crippen LogP contribution in [0.5, 0.6) is 0 Å².